The molecule has 0 aliphatic heterocycles. The Morgan fingerprint density at radius 3 is 1.40 bits per heavy atom. The highest BCUT2D eigenvalue weighted by Crippen LogP contribution is 2.30. The van der Waals surface area contributed by atoms with Crippen molar-refractivity contribution >= 4 is 35.8 Å². The highest BCUT2D eigenvalue weighted by molar-refractivity contribution is 7.74. The van der Waals surface area contributed by atoms with Gasteiger partial charge in [0, 0.05) is 14.1 Å². The predicted octanol–water partition coefficient (Wildman–Crippen LogP) is 2.10. The summed E-state index contributed by atoms with van der Waals surface area (Å²) in [7, 11) is 3.67. The zero-order chi connectivity index (χ0) is 7.72. The minimum Gasteiger partial charge on any atom is -0.385 e. The summed E-state index contributed by atoms with van der Waals surface area (Å²) in [6.45, 7) is 0. The molecule has 1 rings (SSSR count). The lowest BCUT2D eigenvalue weighted by Gasteiger charge is -2.12. The number of rotatable bonds is 2. The first-order valence-electron chi connectivity index (χ1n) is 2.91. The third-order valence-electron chi connectivity index (χ3n) is 1.41. The highest BCUT2D eigenvalue weighted by Gasteiger charge is 2.09. The molecule has 0 fully saturated rings. The summed E-state index contributed by atoms with van der Waals surface area (Å²) >= 11 is 9.94. The smallest absolute Gasteiger partial charge is 0.0832 e. The molecule has 0 amide bonds. The Morgan fingerprint density at radius 1 is 0.900 bits per heavy atom. The molecule has 0 radical (unpaired) electrons. The summed E-state index contributed by atoms with van der Waals surface area (Å²) in [4.78, 5) is 0. The molecule has 0 heterocycles. The quantitative estimate of drug-likeness (QED) is 0.667. The summed E-state index contributed by atoms with van der Waals surface area (Å²) < 4.78 is 1.53. The van der Waals surface area contributed by atoms with Crippen LogP contribution >= 0.6 is 24.4 Å². The lowest BCUT2D eigenvalue weighted by atomic mass is 10.2. The first-order valence-corrected chi connectivity index (χ1v) is 3.72. The van der Waals surface area contributed by atoms with E-state index >= 15 is 0 Å². The van der Waals surface area contributed by atoms with Crippen LogP contribution in [0.2, 0.25) is 0 Å². The van der Waals surface area contributed by atoms with Gasteiger partial charge in [0.2, 0.25) is 0 Å². The molecule has 0 spiro atoms. The van der Waals surface area contributed by atoms with Gasteiger partial charge < -0.3 is 10.6 Å². The van der Waals surface area contributed by atoms with Gasteiger partial charge in [-0.1, -0.05) is 24.4 Å². The van der Waals surface area contributed by atoms with Crippen molar-refractivity contribution in [1.29, 1.82) is 0 Å². The van der Waals surface area contributed by atoms with Crippen molar-refractivity contribution < 1.29 is 0 Å². The maximum Gasteiger partial charge on any atom is 0.0832 e. The van der Waals surface area contributed by atoms with Crippen LogP contribution in [0, 0.1) is 9.02 Å². The Hall–Kier alpha value is -0.480. The van der Waals surface area contributed by atoms with Gasteiger partial charge in [-0.25, -0.2) is 0 Å². The largest absolute Gasteiger partial charge is 0.385 e. The van der Waals surface area contributed by atoms with Crippen LogP contribution in [0.1, 0.15) is 0 Å². The van der Waals surface area contributed by atoms with Gasteiger partial charge in [0.15, 0.2) is 0 Å². The van der Waals surface area contributed by atoms with Crippen molar-refractivity contribution in [3.8, 4) is 0 Å². The van der Waals surface area contributed by atoms with Crippen LogP contribution in [0.3, 0.4) is 0 Å². The maximum atomic E-state index is 4.97. The van der Waals surface area contributed by atoms with E-state index in [1.807, 2.05) is 14.1 Å². The molecule has 0 saturated heterocycles. The van der Waals surface area contributed by atoms with Crippen molar-refractivity contribution in [2.45, 2.75) is 0 Å². The molecular formula is C6H8N2S2. The van der Waals surface area contributed by atoms with Gasteiger partial charge in [-0.2, -0.15) is 0 Å². The number of hydrogen-bond acceptors (Lipinski definition) is 4. The van der Waals surface area contributed by atoms with Crippen molar-refractivity contribution in [3.63, 3.8) is 0 Å². The molecule has 54 valence electrons. The molecule has 2 nitrogen and oxygen atoms in total. The number of nitrogens with one attached hydrogen (secondary N) is 2. The maximum absolute atomic E-state index is 4.97. The van der Waals surface area contributed by atoms with Crippen molar-refractivity contribution in [2.75, 3.05) is 24.7 Å². The molecule has 1 aromatic rings. The number of anilines is 2. The fraction of sp³-hybridized carbons (Fsp3) is 0.333. The Kier molecular flexibility index (Phi) is 2.01. The fourth-order valence-corrected chi connectivity index (χ4v) is 1.48. The van der Waals surface area contributed by atoms with E-state index in [2.05, 4.69) is 10.6 Å². The van der Waals surface area contributed by atoms with Crippen LogP contribution < -0.4 is 10.6 Å². The zero-order valence-electron chi connectivity index (χ0n) is 5.82. The van der Waals surface area contributed by atoms with E-state index in [4.69, 9.17) is 24.4 Å². The van der Waals surface area contributed by atoms with Crippen LogP contribution in [0.5, 0.6) is 0 Å². The normalized spacial score (nSPS) is 9.80. The monoisotopic (exact) mass is 172 g/mol. The third kappa shape index (κ3) is 0.839. The molecule has 10 heavy (non-hydrogen) atoms. The first-order chi connectivity index (χ1) is 4.72. The molecule has 0 unspecified atom stereocenters. The summed E-state index contributed by atoms with van der Waals surface area (Å²) in [6.07, 6.45) is 0. The summed E-state index contributed by atoms with van der Waals surface area (Å²) in [5, 5.41) is 5.94. The van der Waals surface area contributed by atoms with Crippen molar-refractivity contribution in [3.05, 3.63) is 9.02 Å². The Morgan fingerprint density at radius 2 is 1.20 bits per heavy atom. The van der Waals surface area contributed by atoms with E-state index in [-0.39, 0.29) is 0 Å². The molecule has 0 aliphatic rings. The summed E-state index contributed by atoms with van der Waals surface area (Å²) in [5.41, 5.74) is 1.92. The summed E-state index contributed by atoms with van der Waals surface area (Å²) in [5.74, 6) is 0. The van der Waals surface area contributed by atoms with Crippen LogP contribution in [0.15, 0.2) is 0 Å². The minimum absolute atomic E-state index is 0.766. The number of hydrogen-bond donors (Lipinski definition) is 2. The fourth-order valence-electron chi connectivity index (χ4n) is 0.869. The molecule has 4 heteroatoms. The third-order valence-corrected chi connectivity index (χ3v) is 2.36. The van der Waals surface area contributed by atoms with E-state index in [1.54, 1.807) is 0 Å². The molecule has 2 N–H and O–H groups in total. The van der Waals surface area contributed by atoms with E-state index in [9.17, 15) is 0 Å². The Labute approximate surface area is 70.0 Å². The average molecular weight is 172 g/mol. The molecule has 0 aliphatic carbocycles. The van der Waals surface area contributed by atoms with Crippen LogP contribution in [-0.4, -0.2) is 14.1 Å². The second-order valence-corrected chi connectivity index (χ2v) is 2.72. The van der Waals surface area contributed by atoms with Gasteiger partial charge in [0.25, 0.3) is 0 Å². The first kappa shape index (κ1) is 7.63. The molecular weight excluding hydrogens is 164 g/mol. The van der Waals surface area contributed by atoms with E-state index in [0.717, 1.165) is 20.4 Å². The van der Waals surface area contributed by atoms with Gasteiger partial charge in [0.05, 0.1) is 20.4 Å². The van der Waals surface area contributed by atoms with Crippen molar-refractivity contribution in [1.82, 2.24) is 0 Å². The molecule has 0 atom stereocenters. The molecule has 0 aromatic heterocycles. The van der Waals surface area contributed by atoms with Gasteiger partial charge >= 0.3 is 0 Å². The van der Waals surface area contributed by atoms with Crippen molar-refractivity contribution in [2.24, 2.45) is 0 Å². The topological polar surface area (TPSA) is 24.1 Å². The van der Waals surface area contributed by atoms with Gasteiger partial charge in [-0.05, 0) is 0 Å². The predicted molar refractivity (Wildman–Crippen MR) is 49.6 cm³/mol. The summed E-state index contributed by atoms with van der Waals surface area (Å²) in [6, 6.07) is 0. The van der Waals surface area contributed by atoms with Crippen LogP contribution in [0.4, 0.5) is 11.4 Å². The second kappa shape index (κ2) is 2.64. The average Bonchev–Trinajstić information content (AvgIpc) is 1.97. The lowest BCUT2D eigenvalue weighted by Crippen LogP contribution is -2.02. The van der Waals surface area contributed by atoms with Crippen LogP contribution in [-0.2, 0) is 0 Å². The van der Waals surface area contributed by atoms with Gasteiger partial charge in [-0.3, -0.25) is 0 Å². The van der Waals surface area contributed by atoms with Gasteiger partial charge in [0.1, 0.15) is 0 Å². The SMILES string of the molecule is CNc1c(NC)c(=S)c1=S. The van der Waals surface area contributed by atoms with Crippen LogP contribution in [0.25, 0.3) is 0 Å². The van der Waals surface area contributed by atoms with E-state index < -0.39 is 0 Å². The Bertz CT molecular complexity index is 277. The molecule has 0 bridgehead atoms. The van der Waals surface area contributed by atoms with Gasteiger partial charge in [-0.15, -0.1) is 0 Å². The Balaban J connectivity index is 3.16. The highest BCUT2D eigenvalue weighted by atomic mass is 32.1. The molecule has 1 aromatic carbocycles. The standard InChI is InChI=1S/C6H8N2S2/c1-7-3-4(8-2)6(10)5(3)9/h7-8H,1-2H3. The van der Waals surface area contributed by atoms with E-state index in [0.29, 0.717) is 0 Å². The van der Waals surface area contributed by atoms with E-state index in [1.165, 1.54) is 0 Å². The molecule has 0 saturated carbocycles. The second-order valence-electron chi connectivity index (χ2n) is 1.91. The zero-order valence-corrected chi connectivity index (χ0v) is 7.45. The minimum atomic E-state index is 0.766. The lowest BCUT2D eigenvalue weighted by molar-refractivity contribution is 1.40.